The van der Waals surface area contributed by atoms with Crippen LogP contribution in [-0.4, -0.2) is 38.4 Å². The lowest BCUT2D eigenvalue weighted by Crippen LogP contribution is -2.36. The van der Waals surface area contributed by atoms with Crippen LogP contribution in [-0.2, 0) is 30.7 Å². The molecular formula is C23H27N5O3. The summed E-state index contributed by atoms with van der Waals surface area (Å²) in [5.41, 5.74) is 1.77. The minimum atomic E-state index is -0.111. The number of aromatic nitrogens is 4. The Morgan fingerprint density at radius 2 is 2.13 bits per heavy atom. The molecule has 0 aliphatic carbocycles. The van der Waals surface area contributed by atoms with Crippen molar-refractivity contribution in [2.24, 2.45) is 0 Å². The van der Waals surface area contributed by atoms with Gasteiger partial charge in [0.2, 0.25) is 5.91 Å². The van der Waals surface area contributed by atoms with Gasteiger partial charge in [0, 0.05) is 37.3 Å². The second-order valence-corrected chi connectivity index (χ2v) is 7.77. The van der Waals surface area contributed by atoms with Crippen LogP contribution in [0.2, 0.25) is 0 Å². The molecule has 1 aliphatic rings. The minimum Gasteiger partial charge on any atom is -0.497 e. The van der Waals surface area contributed by atoms with Gasteiger partial charge in [-0.2, -0.15) is 5.10 Å². The molecule has 0 saturated carbocycles. The van der Waals surface area contributed by atoms with Gasteiger partial charge in [0.25, 0.3) is 0 Å². The van der Waals surface area contributed by atoms with Crippen LogP contribution in [0.15, 0.2) is 53.5 Å². The monoisotopic (exact) mass is 421 g/mol. The standard InChI is InChI=1S/C23H27N5O3/c1-31-20-7-4-5-17(15-20)16-28-23(30)27-14-12-19(8-10-21(27)26-28)25-22(29)11-9-18-6-2-3-13-24-18/h2-7,13,15,19H,8-12,14,16H2,1H3,(H,25,29). The molecule has 0 spiro atoms. The molecule has 0 fully saturated rings. The SMILES string of the molecule is COc1cccc(Cn2nc3n(c2=O)CCC(NC(=O)CCc2ccccn2)CC3)c1. The molecule has 1 atom stereocenters. The van der Waals surface area contributed by atoms with E-state index in [1.165, 1.54) is 4.68 Å². The van der Waals surface area contributed by atoms with Crippen LogP contribution in [0, 0.1) is 0 Å². The van der Waals surface area contributed by atoms with E-state index >= 15 is 0 Å². The zero-order valence-electron chi connectivity index (χ0n) is 17.7. The van der Waals surface area contributed by atoms with Crippen LogP contribution in [0.5, 0.6) is 5.75 Å². The lowest BCUT2D eigenvalue weighted by molar-refractivity contribution is -0.121. The van der Waals surface area contributed by atoms with E-state index in [9.17, 15) is 9.59 Å². The number of nitrogens with one attached hydrogen (secondary N) is 1. The largest absolute Gasteiger partial charge is 0.497 e. The lowest BCUT2D eigenvalue weighted by Gasteiger charge is -2.16. The second kappa shape index (κ2) is 9.59. The number of carbonyl (C=O) groups is 1. The summed E-state index contributed by atoms with van der Waals surface area (Å²) >= 11 is 0. The molecule has 162 valence electrons. The van der Waals surface area contributed by atoms with E-state index in [0.29, 0.717) is 38.8 Å². The van der Waals surface area contributed by atoms with Crippen molar-refractivity contribution in [2.45, 2.75) is 51.2 Å². The van der Waals surface area contributed by atoms with E-state index in [2.05, 4.69) is 15.4 Å². The Morgan fingerprint density at radius 1 is 1.23 bits per heavy atom. The predicted octanol–water partition coefficient (Wildman–Crippen LogP) is 1.95. The number of methoxy groups -OCH3 is 1. The fraction of sp³-hybridized carbons (Fsp3) is 0.391. The van der Waals surface area contributed by atoms with Crippen molar-refractivity contribution in [3.05, 3.63) is 76.2 Å². The van der Waals surface area contributed by atoms with E-state index in [-0.39, 0.29) is 17.6 Å². The highest BCUT2D eigenvalue weighted by molar-refractivity contribution is 5.76. The third-order valence-corrected chi connectivity index (χ3v) is 5.58. The zero-order chi connectivity index (χ0) is 21.6. The van der Waals surface area contributed by atoms with Gasteiger partial charge in [-0.25, -0.2) is 9.48 Å². The molecule has 31 heavy (non-hydrogen) atoms. The Hall–Kier alpha value is -3.42. The van der Waals surface area contributed by atoms with Gasteiger partial charge in [0.05, 0.1) is 13.7 Å². The number of carbonyl (C=O) groups excluding carboxylic acids is 1. The predicted molar refractivity (Wildman–Crippen MR) is 116 cm³/mol. The maximum absolute atomic E-state index is 12.9. The number of amides is 1. The van der Waals surface area contributed by atoms with Crippen molar-refractivity contribution in [1.29, 1.82) is 0 Å². The molecule has 0 radical (unpaired) electrons. The molecule has 1 unspecified atom stereocenters. The molecule has 0 bridgehead atoms. The van der Waals surface area contributed by atoms with Crippen molar-refractivity contribution in [3.63, 3.8) is 0 Å². The highest BCUT2D eigenvalue weighted by Crippen LogP contribution is 2.15. The highest BCUT2D eigenvalue weighted by atomic mass is 16.5. The molecule has 1 aromatic carbocycles. The Bertz CT molecular complexity index is 1090. The highest BCUT2D eigenvalue weighted by Gasteiger charge is 2.22. The Labute approximate surface area is 180 Å². The van der Waals surface area contributed by atoms with Gasteiger partial charge in [-0.15, -0.1) is 0 Å². The van der Waals surface area contributed by atoms with Crippen molar-refractivity contribution in [1.82, 2.24) is 24.6 Å². The number of nitrogens with zero attached hydrogens (tertiary/aromatic N) is 4. The summed E-state index contributed by atoms with van der Waals surface area (Å²) in [6.07, 6.45) is 4.91. The van der Waals surface area contributed by atoms with Crippen molar-refractivity contribution in [3.8, 4) is 5.75 Å². The minimum absolute atomic E-state index is 0.0191. The average Bonchev–Trinajstić information content (AvgIpc) is 2.95. The molecule has 1 aliphatic heterocycles. The molecule has 3 aromatic rings. The summed E-state index contributed by atoms with van der Waals surface area (Å²) in [5.74, 6) is 1.55. The van der Waals surface area contributed by atoms with E-state index in [4.69, 9.17) is 4.74 Å². The maximum atomic E-state index is 12.9. The molecule has 1 amide bonds. The molecule has 3 heterocycles. The van der Waals surface area contributed by atoms with Crippen LogP contribution < -0.4 is 15.7 Å². The van der Waals surface area contributed by atoms with Crippen molar-refractivity contribution in [2.75, 3.05) is 7.11 Å². The van der Waals surface area contributed by atoms with Crippen molar-refractivity contribution >= 4 is 5.91 Å². The van der Waals surface area contributed by atoms with E-state index in [1.54, 1.807) is 17.9 Å². The molecular weight excluding hydrogens is 394 g/mol. The lowest BCUT2D eigenvalue weighted by atomic mass is 10.1. The molecule has 8 nitrogen and oxygen atoms in total. The van der Waals surface area contributed by atoms with Crippen molar-refractivity contribution < 1.29 is 9.53 Å². The average molecular weight is 422 g/mol. The Morgan fingerprint density at radius 3 is 2.94 bits per heavy atom. The molecule has 2 aromatic heterocycles. The summed E-state index contributed by atoms with van der Waals surface area (Å²) in [6, 6.07) is 13.4. The smallest absolute Gasteiger partial charge is 0.346 e. The first-order valence-electron chi connectivity index (χ1n) is 10.6. The summed E-state index contributed by atoms with van der Waals surface area (Å²) < 4.78 is 8.50. The quantitative estimate of drug-likeness (QED) is 0.630. The first kappa shape index (κ1) is 20.8. The fourth-order valence-corrected chi connectivity index (χ4v) is 3.91. The Balaban J connectivity index is 1.34. The number of benzene rings is 1. The molecule has 4 rings (SSSR count). The van der Waals surface area contributed by atoms with Crippen LogP contribution in [0.25, 0.3) is 0 Å². The number of pyridine rings is 1. The molecule has 8 heteroatoms. The first-order chi connectivity index (χ1) is 15.1. The summed E-state index contributed by atoms with van der Waals surface area (Å²) in [6.45, 7) is 0.960. The first-order valence-corrected chi connectivity index (χ1v) is 10.6. The van der Waals surface area contributed by atoms with Gasteiger partial charge < -0.3 is 10.1 Å². The molecule has 0 saturated heterocycles. The van der Waals surface area contributed by atoms with Gasteiger partial charge in [-0.1, -0.05) is 18.2 Å². The fourth-order valence-electron chi connectivity index (χ4n) is 3.91. The Kier molecular flexibility index (Phi) is 6.45. The number of fused-ring (bicyclic) bond motifs is 1. The van der Waals surface area contributed by atoms with Gasteiger partial charge >= 0.3 is 5.69 Å². The van der Waals surface area contributed by atoms with Gasteiger partial charge in [0.1, 0.15) is 11.6 Å². The normalized spacial score (nSPS) is 15.7. The van der Waals surface area contributed by atoms with Gasteiger partial charge in [-0.3, -0.25) is 14.3 Å². The summed E-state index contributed by atoms with van der Waals surface area (Å²) in [7, 11) is 1.62. The van der Waals surface area contributed by atoms with E-state index < -0.39 is 0 Å². The number of hydrogen-bond acceptors (Lipinski definition) is 5. The number of hydrogen-bond donors (Lipinski definition) is 1. The van der Waals surface area contributed by atoms with E-state index in [0.717, 1.165) is 29.3 Å². The third-order valence-electron chi connectivity index (χ3n) is 5.58. The van der Waals surface area contributed by atoms with Crippen LogP contribution >= 0.6 is 0 Å². The molecule has 1 N–H and O–H groups in total. The van der Waals surface area contributed by atoms with Crippen LogP contribution in [0.1, 0.15) is 36.3 Å². The number of ether oxygens (including phenoxy) is 1. The van der Waals surface area contributed by atoms with Crippen LogP contribution in [0.3, 0.4) is 0 Å². The third kappa shape index (κ3) is 5.20. The topological polar surface area (TPSA) is 91.0 Å². The van der Waals surface area contributed by atoms with E-state index in [1.807, 2.05) is 42.5 Å². The second-order valence-electron chi connectivity index (χ2n) is 7.77. The van der Waals surface area contributed by atoms with Gasteiger partial charge in [0.15, 0.2) is 0 Å². The zero-order valence-corrected chi connectivity index (χ0v) is 17.7. The summed E-state index contributed by atoms with van der Waals surface area (Å²) in [4.78, 5) is 29.5. The van der Waals surface area contributed by atoms with Gasteiger partial charge in [-0.05, 0) is 49.1 Å². The van der Waals surface area contributed by atoms with Crippen LogP contribution in [0.4, 0.5) is 0 Å². The number of rotatable bonds is 7. The number of aryl methyl sites for hydroxylation is 2. The summed E-state index contributed by atoms with van der Waals surface area (Å²) in [5, 5.41) is 7.67. The maximum Gasteiger partial charge on any atom is 0.346 e.